The zero-order valence-corrected chi connectivity index (χ0v) is 10.1. The highest BCUT2D eigenvalue weighted by molar-refractivity contribution is 5.78. The second kappa shape index (κ2) is 3.59. The molecule has 2 aliphatic heterocycles. The van der Waals surface area contributed by atoms with Crippen molar-refractivity contribution in [3.63, 3.8) is 0 Å². The lowest BCUT2D eigenvalue weighted by atomic mass is 9.83. The molecule has 2 saturated heterocycles. The van der Waals surface area contributed by atoms with Crippen molar-refractivity contribution < 1.29 is 14.3 Å². The predicted octanol–water partition coefficient (Wildman–Crippen LogP) is 2.96. The number of hydrogen-bond acceptors (Lipinski definition) is 3. The molecule has 2 atom stereocenters. The molecule has 2 unspecified atom stereocenters. The standard InChI is InChI=1S/C15H16O3/c16-15(8-12-2-3-13(9-15)18-12)11-1-4-14-10(7-11)5-6-17-14/h1,4-7,12-13,16H,2-3,8-9H2. The minimum Gasteiger partial charge on any atom is -0.464 e. The number of benzene rings is 1. The normalized spacial score (nSPS) is 35.2. The van der Waals surface area contributed by atoms with Crippen molar-refractivity contribution in [1.82, 2.24) is 0 Å². The molecule has 0 saturated carbocycles. The number of fused-ring (bicyclic) bond motifs is 3. The van der Waals surface area contributed by atoms with Crippen LogP contribution in [0.2, 0.25) is 0 Å². The van der Waals surface area contributed by atoms with Crippen LogP contribution in [-0.4, -0.2) is 17.3 Å². The van der Waals surface area contributed by atoms with Crippen LogP contribution in [0.15, 0.2) is 34.9 Å². The summed E-state index contributed by atoms with van der Waals surface area (Å²) in [5, 5.41) is 12.0. The van der Waals surface area contributed by atoms with Gasteiger partial charge in [-0.1, -0.05) is 6.07 Å². The summed E-state index contributed by atoms with van der Waals surface area (Å²) in [7, 11) is 0. The van der Waals surface area contributed by atoms with Crippen molar-refractivity contribution in [3.05, 3.63) is 36.1 Å². The summed E-state index contributed by atoms with van der Waals surface area (Å²) in [6, 6.07) is 7.91. The minimum absolute atomic E-state index is 0.230. The average Bonchev–Trinajstić information content (AvgIpc) is 2.95. The monoisotopic (exact) mass is 244 g/mol. The van der Waals surface area contributed by atoms with Gasteiger partial charge in [-0.3, -0.25) is 0 Å². The fourth-order valence-corrected chi connectivity index (χ4v) is 3.41. The molecule has 18 heavy (non-hydrogen) atoms. The van der Waals surface area contributed by atoms with E-state index in [2.05, 4.69) is 0 Å². The Morgan fingerprint density at radius 1 is 1.11 bits per heavy atom. The van der Waals surface area contributed by atoms with Gasteiger partial charge >= 0.3 is 0 Å². The zero-order chi connectivity index (χ0) is 12.2. The molecule has 3 nitrogen and oxygen atoms in total. The first-order valence-electron chi connectivity index (χ1n) is 6.58. The molecule has 4 rings (SSSR count). The maximum atomic E-state index is 10.9. The van der Waals surface area contributed by atoms with Gasteiger partial charge in [-0.2, -0.15) is 0 Å². The van der Waals surface area contributed by atoms with Crippen LogP contribution >= 0.6 is 0 Å². The molecular weight excluding hydrogens is 228 g/mol. The highest BCUT2D eigenvalue weighted by Gasteiger charge is 2.44. The second-order valence-electron chi connectivity index (χ2n) is 5.57. The fraction of sp³-hybridized carbons (Fsp3) is 0.467. The molecule has 1 N–H and O–H groups in total. The van der Waals surface area contributed by atoms with Crippen molar-refractivity contribution in [3.8, 4) is 0 Å². The van der Waals surface area contributed by atoms with E-state index in [4.69, 9.17) is 9.15 Å². The first-order valence-corrected chi connectivity index (χ1v) is 6.58. The van der Waals surface area contributed by atoms with Gasteiger partial charge in [0.15, 0.2) is 0 Å². The summed E-state index contributed by atoms with van der Waals surface area (Å²) in [4.78, 5) is 0. The second-order valence-corrected chi connectivity index (χ2v) is 5.57. The Labute approximate surface area is 105 Å². The Kier molecular flexibility index (Phi) is 2.11. The molecule has 2 fully saturated rings. The van der Waals surface area contributed by atoms with Crippen molar-refractivity contribution in [2.75, 3.05) is 0 Å². The quantitative estimate of drug-likeness (QED) is 0.838. The Bertz CT molecular complexity index is 574. The van der Waals surface area contributed by atoms with Gasteiger partial charge in [0, 0.05) is 18.2 Å². The van der Waals surface area contributed by atoms with Gasteiger partial charge in [0.2, 0.25) is 0 Å². The Morgan fingerprint density at radius 3 is 2.67 bits per heavy atom. The molecule has 0 amide bonds. The van der Waals surface area contributed by atoms with Gasteiger partial charge in [0.1, 0.15) is 5.58 Å². The van der Waals surface area contributed by atoms with Crippen molar-refractivity contribution in [1.29, 1.82) is 0 Å². The third-order valence-corrected chi connectivity index (χ3v) is 4.32. The van der Waals surface area contributed by atoms with Crippen LogP contribution in [0.1, 0.15) is 31.2 Å². The van der Waals surface area contributed by atoms with Crippen LogP contribution in [0.4, 0.5) is 0 Å². The maximum absolute atomic E-state index is 10.9. The topological polar surface area (TPSA) is 42.6 Å². The minimum atomic E-state index is -0.727. The molecule has 2 aromatic rings. The van der Waals surface area contributed by atoms with Crippen molar-refractivity contribution in [2.45, 2.75) is 43.5 Å². The first kappa shape index (κ1) is 10.6. The van der Waals surface area contributed by atoms with E-state index in [9.17, 15) is 5.11 Å². The van der Waals surface area contributed by atoms with Crippen LogP contribution in [0.3, 0.4) is 0 Å². The molecule has 0 radical (unpaired) electrons. The SMILES string of the molecule is OC1(c2ccc3occc3c2)CC2CCC(C1)O2. The van der Waals surface area contributed by atoms with Gasteiger partial charge < -0.3 is 14.3 Å². The lowest BCUT2D eigenvalue weighted by molar-refractivity contribution is -0.115. The van der Waals surface area contributed by atoms with Crippen molar-refractivity contribution in [2.24, 2.45) is 0 Å². The molecule has 94 valence electrons. The summed E-state index contributed by atoms with van der Waals surface area (Å²) >= 11 is 0. The van der Waals surface area contributed by atoms with E-state index in [0.29, 0.717) is 12.8 Å². The largest absolute Gasteiger partial charge is 0.464 e. The van der Waals surface area contributed by atoms with E-state index in [1.54, 1.807) is 6.26 Å². The number of ether oxygens (including phenoxy) is 1. The van der Waals surface area contributed by atoms with E-state index in [1.807, 2.05) is 24.3 Å². The molecule has 0 spiro atoms. The number of aliphatic hydroxyl groups is 1. The summed E-state index contributed by atoms with van der Waals surface area (Å²) in [6.07, 6.45) is 5.75. The third kappa shape index (κ3) is 1.51. The van der Waals surface area contributed by atoms with Crippen LogP contribution in [0.25, 0.3) is 11.0 Å². The zero-order valence-electron chi connectivity index (χ0n) is 10.1. The van der Waals surface area contributed by atoms with E-state index in [1.165, 1.54) is 0 Å². The third-order valence-electron chi connectivity index (χ3n) is 4.32. The molecular formula is C15H16O3. The Morgan fingerprint density at radius 2 is 1.89 bits per heavy atom. The molecule has 3 heteroatoms. The van der Waals surface area contributed by atoms with Crippen LogP contribution in [0, 0.1) is 0 Å². The highest BCUT2D eigenvalue weighted by Crippen LogP contribution is 2.44. The van der Waals surface area contributed by atoms with Gasteiger partial charge in [-0.25, -0.2) is 0 Å². The number of hydrogen-bond donors (Lipinski definition) is 1. The van der Waals surface area contributed by atoms with Crippen molar-refractivity contribution >= 4 is 11.0 Å². The highest BCUT2D eigenvalue weighted by atomic mass is 16.5. The molecule has 3 heterocycles. The van der Waals surface area contributed by atoms with E-state index >= 15 is 0 Å². The summed E-state index contributed by atoms with van der Waals surface area (Å²) in [5.74, 6) is 0. The van der Waals surface area contributed by atoms with E-state index < -0.39 is 5.60 Å². The average molecular weight is 244 g/mol. The summed E-state index contributed by atoms with van der Waals surface area (Å²) in [5.41, 5.74) is 1.14. The Balaban J connectivity index is 1.76. The first-order chi connectivity index (χ1) is 8.73. The van der Waals surface area contributed by atoms with Gasteiger partial charge in [0.05, 0.1) is 24.1 Å². The fourth-order valence-electron chi connectivity index (χ4n) is 3.41. The van der Waals surface area contributed by atoms with E-state index in [0.717, 1.165) is 29.4 Å². The maximum Gasteiger partial charge on any atom is 0.133 e. The number of furan rings is 1. The number of rotatable bonds is 1. The van der Waals surface area contributed by atoms with E-state index in [-0.39, 0.29) is 12.2 Å². The van der Waals surface area contributed by atoms with Gasteiger partial charge in [0.25, 0.3) is 0 Å². The van der Waals surface area contributed by atoms with Gasteiger partial charge in [-0.05, 0) is 36.6 Å². The lowest BCUT2D eigenvalue weighted by Crippen LogP contribution is -2.38. The molecule has 0 aliphatic carbocycles. The van der Waals surface area contributed by atoms with Crippen LogP contribution in [0.5, 0.6) is 0 Å². The predicted molar refractivity (Wildman–Crippen MR) is 67.2 cm³/mol. The smallest absolute Gasteiger partial charge is 0.133 e. The molecule has 2 bridgehead atoms. The molecule has 1 aromatic carbocycles. The van der Waals surface area contributed by atoms with Crippen LogP contribution in [-0.2, 0) is 10.3 Å². The molecule has 2 aliphatic rings. The molecule has 1 aromatic heterocycles. The summed E-state index contributed by atoms with van der Waals surface area (Å²) < 4.78 is 11.1. The van der Waals surface area contributed by atoms with Crippen LogP contribution < -0.4 is 0 Å². The Hall–Kier alpha value is -1.32. The lowest BCUT2D eigenvalue weighted by Gasteiger charge is -2.36. The van der Waals surface area contributed by atoms with Gasteiger partial charge in [-0.15, -0.1) is 0 Å². The summed E-state index contributed by atoms with van der Waals surface area (Å²) in [6.45, 7) is 0.